The van der Waals surface area contributed by atoms with Crippen LogP contribution in [0.1, 0.15) is 26.2 Å². The van der Waals surface area contributed by atoms with E-state index < -0.39 is 0 Å². The van der Waals surface area contributed by atoms with E-state index in [4.69, 9.17) is 5.73 Å². The molecule has 9 heavy (non-hydrogen) atoms. The highest BCUT2D eigenvalue weighted by Crippen LogP contribution is 2.20. The van der Waals surface area contributed by atoms with E-state index in [1.165, 1.54) is 19.3 Å². The first-order valence-electron chi connectivity index (χ1n) is 3.78. The van der Waals surface area contributed by atoms with Crippen LogP contribution in [0, 0.1) is 0 Å². The maximum Gasteiger partial charge on any atom is 0.0301 e. The minimum atomic E-state index is 0.306. The summed E-state index contributed by atoms with van der Waals surface area (Å²) < 4.78 is 0. The molecular weight excluding hydrogens is 112 g/mol. The van der Waals surface area contributed by atoms with Crippen LogP contribution in [-0.2, 0) is 0 Å². The summed E-state index contributed by atoms with van der Waals surface area (Å²) in [6, 6.07) is 0. The van der Waals surface area contributed by atoms with E-state index in [9.17, 15) is 0 Å². The number of nitrogens with one attached hydrogen (secondary N) is 1. The molecule has 1 fully saturated rings. The maximum absolute atomic E-state index is 5.62. The zero-order valence-electron chi connectivity index (χ0n) is 6.11. The molecule has 0 spiro atoms. The number of hydrogen-bond donors (Lipinski definition) is 2. The van der Waals surface area contributed by atoms with Gasteiger partial charge in [0.2, 0.25) is 0 Å². The predicted octanol–water partition coefficient (Wildman–Crippen LogP) is 0.477. The second-order valence-electron chi connectivity index (χ2n) is 2.87. The summed E-state index contributed by atoms with van der Waals surface area (Å²) in [7, 11) is 0. The van der Waals surface area contributed by atoms with Crippen LogP contribution in [0.4, 0.5) is 0 Å². The van der Waals surface area contributed by atoms with Crippen LogP contribution in [0.2, 0.25) is 0 Å². The van der Waals surface area contributed by atoms with Gasteiger partial charge in [-0.1, -0.05) is 6.92 Å². The van der Waals surface area contributed by atoms with Crippen LogP contribution in [0.15, 0.2) is 0 Å². The molecule has 0 unspecified atom stereocenters. The Kier molecular flexibility index (Phi) is 2.09. The van der Waals surface area contributed by atoms with Gasteiger partial charge in [-0.05, 0) is 25.8 Å². The van der Waals surface area contributed by atoms with Crippen LogP contribution in [-0.4, -0.2) is 18.6 Å². The highest BCUT2D eigenvalue weighted by molar-refractivity contribution is 4.92. The molecule has 0 bridgehead atoms. The summed E-state index contributed by atoms with van der Waals surface area (Å²) in [6.45, 7) is 4.15. The van der Waals surface area contributed by atoms with E-state index in [1.807, 2.05) is 0 Å². The van der Waals surface area contributed by atoms with E-state index in [0.29, 0.717) is 5.54 Å². The molecule has 0 amide bonds. The standard InChI is InChI=1S/C7H16N2/c1-2-7(6-8)4-3-5-9-7/h9H,2-6,8H2,1H3/t7-/m0/s1. The molecule has 1 saturated heterocycles. The third-order valence-corrected chi connectivity index (χ3v) is 2.40. The quantitative estimate of drug-likeness (QED) is 0.567. The lowest BCUT2D eigenvalue weighted by Crippen LogP contribution is -2.45. The minimum absolute atomic E-state index is 0.306. The van der Waals surface area contributed by atoms with Gasteiger partial charge in [-0.25, -0.2) is 0 Å². The molecular formula is C7H16N2. The fourth-order valence-corrected chi connectivity index (χ4v) is 1.49. The monoisotopic (exact) mass is 128 g/mol. The highest BCUT2D eigenvalue weighted by Gasteiger charge is 2.29. The van der Waals surface area contributed by atoms with Gasteiger partial charge in [-0.15, -0.1) is 0 Å². The number of rotatable bonds is 2. The molecule has 2 nitrogen and oxygen atoms in total. The Bertz CT molecular complexity index is 78.9. The zero-order chi connectivity index (χ0) is 6.74. The lowest BCUT2D eigenvalue weighted by atomic mass is 9.95. The van der Waals surface area contributed by atoms with Gasteiger partial charge in [0.05, 0.1) is 0 Å². The molecule has 1 aliphatic heterocycles. The van der Waals surface area contributed by atoms with Crippen LogP contribution < -0.4 is 11.1 Å². The average molecular weight is 128 g/mol. The van der Waals surface area contributed by atoms with Crippen molar-refractivity contribution in [2.45, 2.75) is 31.7 Å². The van der Waals surface area contributed by atoms with Crippen molar-refractivity contribution < 1.29 is 0 Å². The molecule has 0 aliphatic carbocycles. The summed E-state index contributed by atoms with van der Waals surface area (Å²) in [5, 5.41) is 3.44. The second kappa shape index (κ2) is 2.67. The Labute approximate surface area is 56.8 Å². The van der Waals surface area contributed by atoms with Gasteiger partial charge in [-0.3, -0.25) is 0 Å². The van der Waals surface area contributed by atoms with Gasteiger partial charge in [-0.2, -0.15) is 0 Å². The Morgan fingerprint density at radius 3 is 2.67 bits per heavy atom. The largest absolute Gasteiger partial charge is 0.329 e. The Hall–Kier alpha value is -0.0800. The van der Waals surface area contributed by atoms with Crippen molar-refractivity contribution in [2.75, 3.05) is 13.1 Å². The van der Waals surface area contributed by atoms with Crippen LogP contribution in [0.3, 0.4) is 0 Å². The fourth-order valence-electron chi connectivity index (χ4n) is 1.49. The smallest absolute Gasteiger partial charge is 0.0301 e. The lowest BCUT2D eigenvalue weighted by molar-refractivity contribution is 0.373. The Balaban J connectivity index is 2.45. The van der Waals surface area contributed by atoms with E-state index in [0.717, 1.165) is 13.1 Å². The molecule has 2 heteroatoms. The summed E-state index contributed by atoms with van der Waals surface area (Å²) in [4.78, 5) is 0. The molecule has 0 aromatic carbocycles. The zero-order valence-corrected chi connectivity index (χ0v) is 6.11. The van der Waals surface area contributed by atoms with E-state index in [1.54, 1.807) is 0 Å². The predicted molar refractivity (Wildman–Crippen MR) is 39.3 cm³/mol. The fraction of sp³-hybridized carbons (Fsp3) is 1.00. The number of nitrogens with two attached hydrogens (primary N) is 1. The lowest BCUT2D eigenvalue weighted by Gasteiger charge is -2.25. The summed E-state index contributed by atoms with van der Waals surface area (Å²) in [5.74, 6) is 0. The molecule has 1 atom stereocenters. The minimum Gasteiger partial charge on any atom is -0.329 e. The Morgan fingerprint density at radius 1 is 1.67 bits per heavy atom. The molecule has 1 rings (SSSR count). The first-order valence-corrected chi connectivity index (χ1v) is 3.78. The normalized spacial score (nSPS) is 35.3. The third-order valence-electron chi connectivity index (χ3n) is 2.40. The van der Waals surface area contributed by atoms with Crippen molar-refractivity contribution in [3.8, 4) is 0 Å². The van der Waals surface area contributed by atoms with Crippen molar-refractivity contribution in [1.29, 1.82) is 0 Å². The van der Waals surface area contributed by atoms with E-state index in [-0.39, 0.29) is 0 Å². The number of hydrogen-bond acceptors (Lipinski definition) is 2. The van der Waals surface area contributed by atoms with Gasteiger partial charge >= 0.3 is 0 Å². The van der Waals surface area contributed by atoms with E-state index in [2.05, 4.69) is 12.2 Å². The van der Waals surface area contributed by atoms with Gasteiger partial charge in [0.25, 0.3) is 0 Å². The third kappa shape index (κ3) is 1.25. The van der Waals surface area contributed by atoms with Crippen LogP contribution >= 0.6 is 0 Å². The van der Waals surface area contributed by atoms with Crippen molar-refractivity contribution in [2.24, 2.45) is 5.73 Å². The second-order valence-corrected chi connectivity index (χ2v) is 2.87. The molecule has 0 radical (unpaired) electrons. The van der Waals surface area contributed by atoms with Crippen molar-refractivity contribution in [1.82, 2.24) is 5.32 Å². The first kappa shape index (κ1) is 7.03. The van der Waals surface area contributed by atoms with Gasteiger partial charge in [0.15, 0.2) is 0 Å². The Morgan fingerprint density at radius 2 is 2.44 bits per heavy atom. The molecule has 0 saturated carbocycles. The first-order chi connectivity index (χ1) is 4.33. The van der Waals surface area contributed by atoms with Crippen molar-refractivity contribution in [3.63, 3.8) is 0 Å². The van der Waals surface area contributed by atoms with Crippen molar-refractivity contribution in [3.05, 3.63) is 0 Å². The van der Waals surface area contributed by atoms with Crippen LogP contribution in [0.25, 0.3) is 0 Å². The SMILES string of the molecule is CC[C@@]1(CN)CCCN1. The van der Waals surface area contributed by atoms with Gasteiger partial charge in [0, 0.05) is 12.1 Å². The molecule has 54 valence electrons. The molecule has 1 heterocycles. The highest BCUT2D eigenvalue weighted by atomic mass is 15.0. The summed E-state index contributed by atoms with van der Waals surface area (Å²) in [6.07, 6.45) is 3.73. The van der Waals surface area contributed by atoms with Gasteiger partial charge in [0.1, 0.15) is 0 Å². The summed E-state index contributed by atoms with van der Waals surface area (Å²) >= 11 is 0. The van der Waals surface area contributed by atoms with Crippen molar-refractivity contribution >= 4 is 0 Å². The molecule has 0 aromatic rings. The van der Waals surface area contributed by atoms with Gasteiger partial charge < -0.3 is 11.1 Å². The van der Waals surface area contributed by atoms with Crippen LogP contribution in [0.5, 0.6) is 0 Å². The maximum atomic E-state index is 5.62. The molecule has 1 aliphatic rings. The molecule has 3 N–H and O–H groups in total. The molecule has 0 aromatic heterocycles. The van der Waals surface area contributed by atoms with E-state index >= 15 is 0 Å². The summed E-state index contributed by atoms with van der Waals surface area (Å²) in [5.41, 5.74) is 5.92. The average Bonchev–Trinajstić information content (AvgIpc) is 2.36. The topological polar surface area (TPSA) is 38.0 Å².